The lowest BCUT2D eigenvalue weighted by atomic mass is 10.1. The molecule has 0 fully saturated rings. The van der Waals surface area contributed by atoms with Gasteiger partial charge in [0.15, 0.2) is 0 Å². The molecule has 29 heavy (non-hydrogen) atoms. The summed E-state index contributed by atoms with van der Waals surface area (Å²) in [5.41, 5.74) is 2.47. The van der Waals surface area contributed by atoms with E-state index in [1.165, 1.54) is 4.90 Å². The molecule has 3 aromatic carbocycles. The van der Waals surface area contributed by atoms with Crippen LogP contribution in [0.3, 0.4) is 0 Å². The largest absolute Gasteiger partial charge is 0.478 e. The first-order chi connectivity index (χ1) is 14.1. The number of hydrogen-bond donors (Lipinski definition) is 1. The number of carbonyl (C=O) groups is 2. The lowest BCUT2D eigenvalue weighted by Crippen LogP contribution is -2.27. The van der Waals surface area contributed by atoms with Crippen LogP contribution in [0.5, 0.6) is 0 Å². The Labute approximate surface area is 169 Å². The Morgan fingerprint density at radius 2 is 1.48 bits per heavy atom. The Morgan fingerprint density at radius 3 is 2.07 bits per heavy atom. The van der Waals surface area contributed by atoms with Crippen LogP contribution in [0.1, 0.15) is 22.3 Å². The molecule has 0 atom stereocenters. The number of ether oxygens (including phenoxy) is 1. The van der Waals surface area contributed by atoms with Gasteiger partial charge in [-0.05, 0) is 48.4 Å². The fourth-order valence-corrected chi connectivity index (χ4v) is 2.79. The van der Waals surface area contributed by atoms with Gasteiger partial charge < -0.3 is 9.84 Å². The van der Waals surface area contributed by atoms with Gasteiger partial charge in [-0.25, -0.2) is 14.5 Å². The number of anilines is 2. The second-order valence-corrected chi connectivity index (χ2v) is 6.24. The Morgan fingerprint density at radius 1 is 0.862 bits per heavy atom. The highest BCUT2D eigenvalue weighted by atomic mass is 16.6. The fourth-order valence-electron chi connectivity index (χ4n) is 2.79. The van der Waals surface area contributed by atoms with E-state index >= 15 is 0 Å². The molecule has 0 heterocycles. The van der Waals surface area contributed by atoms with Crippen molar-refractivity contribution >= 4 is 29.5 Å². The van der Waals surface area contributed by atoms with Crippen molar-refractivity contribution in [3.63, 3.8) is 0 Å². The van der Waals surface area contributed by atoms with Gasteiger partial charge in [-0.2, -0.15) is 0 Å². The first-order valence-corrected chi connectivity index (χ1v) is 9.22. The van der Waals surface area contributed by atoms with Gasteiger partial charge >= 0.3 is 12.1 Å². The van der Waals surface area contributed by atoms with Gasteiger partial charge in [0.2, 0.25) is 0 Å². The van der Waals surface area contributed by atoms with Gasteiger partial charge in [-0.15, -0.1) is 0 Å². The Kier molecular flexibility index (Phi) is 6.79. The molecule has 0 aromatic heterocycles. The minimum absolute atomic E-state index is 0.212. The Bertz CT molecular complexity index is 945. The van der Waals surface area contributed by atoms with E-state index in [0.29, 0.717) is 6.42 Å². The molecule has 146 valence electrons. The zero-order valence-corrected chi connectivity index (χ0v) is 15.8. The summed E-state index contributed by atoms with van der Waals surface area (Å²) < 4.78 is 5.45. The predicted octanol–water partition coefficient (Wildman–Crippen LogP) is 5.76. The van der Waals surface area contributed by atoms with Crippen molar-refractivity contribution in [2.75, 3.05) is 11.5 Å². The van der Waals surface area contributed by atoms with Crippen molar-refractivity contribution in [1.82, 2.24) is 0 Å². The van der Waals surface area contributed by atoms with Crippen LogP contribution in [-0.2, 0) is 4.74 Å². The number of amides is 1. The van der Waals surface area contributed by atoms with Crippen LogP contribution in [0.25, 0.3) is 6.08 Å². The van der Waals surface area contributed by atoms with Crippen molar-refractivity contribution in [2.24, 2.45) is 0 Å². The summed E-state index contributed by atoms with van der Waals surface area (Å²) in [6.45, 7) is 0.212. The Balaban J connectivity index is 1.61. The normalized spacial score (nSPS) is 10.6. The van der Waals surface area contributed by atoms with Crippen LogP contribution in [0.15, 0.2) is 91.0 Å². The molecule has 5 nitrogen and oxygen atoms in total. The number of benzene rings is 3. The maximum absolute atomic E-state index is 12.7. The molecule has 1 amide bonds. The highest BCUT2D eigenvalue weighted by Gasteiger charge is 2.18. The number of hydrogen-bond acceptors (Lipinski definition) is 3. The lowest BCUT2D eigenvalue weighted by Gasteiger charge is -2.22. The fraction of sp³-hybridized carbons (Fsp3) is 0.0833. The predicted molar refractivity (Wildman–Crippen MR) is 113 cm³/mol. The first-order valence-electron chi connectivity index (χ1n) is 9.22. The second-order valence-electron chi connectivity index (χ2n) is 6.24. The van der Waals surface area contributed by atoms with Gasteiger partial charge in [0, 0.05) is 0 Å². The molecule has 0 saturated heterocycles. The van der Waals surface area contributed by atoms with E-state index in [1.54, 1.807) is 18.2 Å². The molecule has 0 bridgehead atoms. The number of para-hydroxylation sites is 2. The van der Waals surface area contributed by atoms with Crippen LogP contribution < -0.4 is 4.90 Å². The summed E-state index contributed by atoms with van der Waals surface area (Å²) in [6, 6.07) is 25.3. The SMILES string of the molecule is O=C(O)c1cccc(C=CCCOC(=O)N(c2ccccc2)c2ccccc2)c1. The van der Waals surface area contributed by atoms with E-state index < -0.39 is 12.1 Å². The number of carboxylic acid groups (broad SMARTS) is 1. The van der Waals surface area contributed by atoms with Crippen LogP contribution in [-0.4, -0.2) is 23.8 Å². The molecule has 3 rings (SSSR count). The minimum atomic E-state index is -0.962. The highest BCUT2D eigenvalue weighted by Crippen LogP contribution is 2.25. The quantitative estimate of drug-likeness (QED) is 0.523. The van der Waals surface area contributed by atoms with E-state index in [0.717, 1.165) is 16.9 Å². The summed E-state index contributed by atoms with van der Waals surface area (Å²) >= 11 is 0. The summed E-state index contributed by atoms with van der Waals surface area (Å²) in [6.07, 6.45) is 3.72. The molecule has 0 unspecified atom stereocenters. The summed E-state index contributed by atoms with van der Waals surface area (Å²) in [5, 5.41) is 9.03. The average molecular weight is 387 g/mol. The van der Waals surface area contributed by atoms with Gasteiger partial charge in [-0.3, -0.25) is 0 Å². The number of nitrogens with zero attached hydrogens (tertiary/aromatic N) is 1. The van der Waals surface area contributed by atoms with E-state index in [2.05, 4.69) is 0 Å². The van der Waals surface area contributed by atoms with Crippen molar-refractivity contribution in [1.29, 1.82) is 0 Å². The van der Waals surface area contributed by atoms with Crippen molar-refractivity contribution < 1.29 is 19.4 Å². The minimum Gasteiger partial charge on any atom is -0.478 e. The number of aromatic carboxylic acids is 1. The van der Waals surface area contributed by atoms with Gasteiger partial charge in [0.25, 0.3) is 0 Å². The van der Waals surface area contributed by atoms with E-state index in [9.17, 15) is 9.59 Å². The van der Waals surface area contributed by atoms with Crippen molar-refractivity contribution in [2.45, 2.75) is 6.42 Å². The van der Waals surface area contributed by atoms with Crippen LogP contribution in [0.4, 0.5) is 16.2 Å². The number of rotatable bonds is 7. The molecule has 0 saturated carbocycles. The molecule has 0 radical (unpaired) electrons. The first kappa shape index (κ1) is 19.9. The van der Waals surface area contributed by atoms with Crippen LogP contribution >= 0.6 is 0 Å². The maximum atomic E-state index is 12.7. The topological polar surface area (TPSA) is 66.8 Å². The zero-order valence-electron chi connectivity index (χ0n) is 15.8. The molecule has 0 aliphatic rings. The van der Waals surface area contributed by atoms with E-state index in [1.807, 2.05) is 78.9 Å². The number of carboxylic acids is 1. The standard InChI is InChI=1S/C24H21NO4/c26-23(27)20-12-9-11-19(18-20)10-7-8-17-29-24(28)25(21-13-3-1-4-14-21)22-15-5-2-6-16-22/h1-7,9-16,18H,8,17H2,(H,26,27). The van der Waals surface area contributed by atoms with E-state index in [4.69, 9.17) is 9.84 Å². The molecule has 3 aromatic rings. The highest BCUT2D eigenvalue weighted by molar-refractivity contribution is 5.95. The van der Waals surface area contributed by atoms with Gasteiger partial charge in [0.1, 0.15) is 0 Å². The smallest absolute Gasteiger partial charge is 0.418 e. The Hall–Kier alpha value is -3.86. The third-order valence-electron chi connectivity index (χ3n) is 4.17. The third-order valence-corrected chi connectivity index (χ3v) is 4.17. The monoisotopic (exact) mass is 387 g/mol. The van der Waals surface area contributed by atoms with E-state index in [-0.39, 0.29) is 12.2 Å². The maximum Gasteiger partial charge on any atom is 0.418 e. The second kappa shape index (κ2) is 9.90. The van der Waals surface area contributed by atoms with Crippen molar-refractivity contribution in [3.8, 4) is 0 Å². The van der Waals surface area contributed by atoms with Crippen LogP contribution in [0.2, 0.25) is 0 Å². The molecule has 0 spiro atoms. The summed E-state index contributed by atoms with van der Waals surface area (Å²) in [5.74, 6) is -0.962. The molecule has 0 aliphatic carbocycles. The van der Waals surface area contributed by atoms with Gasteiger partial charge in [0.05, 0.1) is 23.5 Å². The van der Waals surface area contributed by atoms with Gasteiger partial charge in [-0.1, -0.05) is 60.7 Å². The molecular formula is C24H21NO4. The van der Waals surface area contributed by atoms with Crippen molar-refractivity contribution in [3.05, 3.63) is 102 Å². The molecular weight excluding hydrogens is 366 g/mol. The lowest BCUT2D eigenvalue weighted by molar-refractivity contribution is 0.0696. The molecule has 5 heteroatoms. The third kappa shape index (κ3) is 5.56. The summed E-state index contributed by atoms with van der Waals surface area (Å²) in [7, 11) is 0. The molecule has 0 aliphatic heterocycles. The average Bonchev–Trinajstić information content (AvgIpc) is 2.75. The summed E-state index contributed by atoms with van der Waals surface area (Å²) in [4.78, 5) is 25.3. The van der Waals surface area contributed by atoms with Crippen LogP contribution in [0, 0.1) is 0 Å². The zero-order chi connectivity index (χ0) is 20.5. The number of carbonyl (C=O) groups excluding carboxylic acids is 1. The molecule has 1 N–H and O–H groups in total.